The number of hydrogen-bond acceptors (Lipinski definition) is 2. The van der Waals surface area contributed by atoms with Gasteiger partial charge in [0.15, 0.2) is 17.4 Å². The summed E-state index contributed by atoms with van der Waals surface area (Å²) in [4.78, 5) is 0. The summed E-state index contributed by atoms with van der Waals surface area (Å²) < 4.78 is 31.0. The summed E-state index contributed by atoms with van der Waals surface area (Å²) in [7, 11) is 1.52. The van der Waals surface area contributed by atoms with Crippen LogP contribution >= 0.6 is 11.6 Å². The first kappa shape index (κ1) is 13.6. The first-order valence-corrected chi connectivity index (χ1v) is 6.00. The summed E-state index contributed by atoms with van der Waals surface area (Å²) in [5.41, 5.74) is 1.32. The van der Waals surface area contributed by atoms with E-state index in [0.29, 0.717) is 28.6 Å². The summed E-state index contributed by atoms with van der Waals surface area (Å²) in [5, 5.41) is 3.55. The molecule has 0 atom stereocenters. The zero-order chi connectivity index (χ0) is 13.8. The molecule has 5 heteroatoms. The molecule has 1 N–H and O–H groups in total. The van der Waals surface area contributed by atoms with Crippen LogP contribution in [0, 0.1) is 11.6 Å². The van der Waals surface area contributed by atoms with Crippen LogP contribution in [0.2, 0.25) is 5.02 Å². The Morgan fingerprint density at radius 3 is 2.63 bits per heavy atom. The van der Waals surface area contributed by atoms with Gasteiger partial charge >= 0.3 is 0 Å². The van der Waals surface area contributed by atoms with Crippen molar-refractivity contribution in [3.05, 3.63) is 58.6 Å². The number of halogens is 3. The molecule has 19 heavy (non-hydrogen) atoms. The van der Waals surface area contributed by atoms with Gasteiger partial charge in [-0.3, -0.25) is 0 Å². The largest absolute Gasteiger partial charge is 0.493 e. The average molecular weight is 284 g/mol. The third kappa shape index (κ3) is 3.15. The van der Waals surface area contributed by atoms with E-state index in [1.807, 2.05) is 0 Å². The molecule has 0 aliphatic heterocycles. The van der Waals surface area contributed by atoms with Crippen LogP contribution in [0.1, 0.15) is 5.56 Å². The molecule has 0 saturated heterocycles. The number of para-hydroxylation sites is 1. The third-order valence-electron chi connectivity index (χ3n) is 2.64. The van der Waals surface area contributed by atoms with E-state index in [4.69, 9.17) is 16.3 Å². The van der Waals surface area contributed by atoms with Crippen LogP contribution in [0.3, 0.4) is 0 Å². The smallest absolute Gasteiger partial charge is 0.160 e. The minimum absolute atomic E-state index is 0.341. The molecule has 0 amide bonds. The van der Waals surface area contributed by atoms with E-state index >= 15 is 0 Å². The molecule has 0 bridgehead atoms. The molecule has 2 nitrogen and oxygen atoms in total. The van der Waals surface area contributed by atoms with Crippen molar-refractivity contribution < 1.29 is 13.5 Å². The van der Waals surface area contributed by atoms with Crippen LogP contribution in [0.4, 0.5) is 14.5 Å². The van der Waals surface area contributed by atoms with Gasteiger partial charge in [0, 0.05) is 6.54 Å². The van der Waals surface area contributed by atoms with E-state index in [2.05, 4.69) is 5.32 Å². The van der Waals surface area contributed by atoms with Crippen LogP contribution < -0.4 is 10.1 Å². The molecule has 0 heterocycles. The number of benzene rings is 2. The molecule has 2 aromatic carbocycles. The maximum Gasteiger partial charge on any atom is 0.160 e. The molecule has 0 unspecified atom stereocenters. The lowest BCUT2D eigenvalue weighted by Gasteiger charge is -2.12. The molecule has 0 radical (unpaired) electrons. The summed E-state index contributed by atoms with van der Waals surface area (Å²) in [6.07, 6.45) is 0. The number of rotatable bonds is 4. The van der Waals surface area contributed by atoms with Gasteiger partial charge in [-0.15, -0.1) is 0 Å². The van der Waals surface area contributed by atoms with Gasteiger partial charge in [0.25, 0.3) is 0 Å². The molecular weight excluding hydrogens is 272 g/mol. The first-order chi connectivity index (χ1) is 9.11. The van der Waals surface area contributed by atoms with Gasteiger partial charge in [0.05, 0.1) is 17.8 Å². The standard InChI is InChI=1S/C14H12ClF2NO/c1-19-14-10(15)3-2-4-13(14)18-8-9-5-6-11(16)12(17)7-9/h2-7,18H,8H2,1H3. The van der Waals surface area contributed by atoms with E-state index in [1.165, 1.54) is 13.2 Å². The second-order valence-corrected chi connectivity index (χ2v) is 4.33. The van der Waals surface area contributed by atoms with Crippen molar-refractivity contribution in [1.29, 1.82) is 0 Å². The van der Waals surface area contributed by atoms with E-state index in [1.54, 1.807) is 18.2 Å². The highest BCUT2D eigenvalue weighted by molar-refractivity contribution is 6.32. The van der Waals surface area contributed by atoms with Crippen molar-refractivity contribution >= 4 is 17.3 Å². The topological polar surface area (TPSA) is 21.3 Å². The lowest BCUT2D eigenvalue weighted by Crippen LogP contribution is -2.02. The van der Waals surface area contributed by atoms with Gasteiger partial charge in [0.2, 0.25) is 0 Å². The first-order valence-electron chi connectivity index (χ1n) is 5.62. The minimum atomic E-state index is -0.864. The zero-order valence-corrected chi connectivity index (χ0v) is 11.0. The van der Waals surface area contributed by atoms with Crippen molar-refractivity contribution in [2.45, 2.75) is 6.54 Å². The average Bonchev–Trinajstić information content (AvgIpc) is 2.40. The Labute approximate surface area is 115 Å². The van der Waals surface area contributed by atoms with E-state index in [9.17, 15) is 8.78 Å². The Morgan fingerprint density at radius 2 is 1.95 bits per heavy atom. The molecule has 2 rings (SSSR count). The molecule has 0 fully saturated rings. The Kier molecular flexibility index (Phi) is 4.22. The molecule has 0 saturated carbocycles. The molecular formula is C14H12ClF2NO. The Hall–Kier alpha value is -1.81. The Bertz CT molecular complexity index is 590. The van der Waals surface area contributed by atoms with Crippen LogP contribution in [0.15, 0.2) is 36.4 Å². The lowest BCUT2D eigenvalue weighted by molar-refractivity contribution is 0.416. The maximum atomic E-state index is 13.1. The van der Waals surface area contributed by atoms with Gasteiger partial charge in [-0.25, -0.2) is 8.78 Å². The van der Waals surface area contributed by atoms with Crippen molar-refractivity contribution in [3.8, 4) is 5.75 Å². The van der Waals surface area contributed by atoms with Gasteiger partial charge in [-0.1, -0.05) is 23.7 Å². The van der Waals surface area contributed by atoms with Gasteiger partial charge in [-0.2, -0.15) is 0 Å². The fourth-order valence-electron chi connectivity index (χ4n) is 1.70. The number of ether oxygens (including phenoxy) is 1. The second-order valence-electron chi connectivity index (χ2n) is 3.92. The molecule has 0 aliphatic rings. The SMILES string of the molecule is COc1c(Cl)cccc1NCc1ccc(F)c(F)c1. The number of methoxy groups -OCH3 is 1. The van der Waals surface area contributed by atoms with E-state index in [-0.39, 0.29) is 0 Å². The molecule has 100 valence electrons. The van der Waals surface area contributed by atoms with E-state index < -0.39 is 11.6 Å². The van der Waals surface area contributed by atoms with Crippen molar-refractivity contribution in [1.82, 2.24) is 0 Å². The Balaban J connectivity index is 2.14. The van der Waals surface area contributed by atoms with E-state index in [0.717, 1.165) is 12.1 Å². The van der Waals surface area contributed by atoms with Crippen molar-refractivity contribution in [2.24, 2.45) is 0 Å². The van der Waals surface area contributed by atoms with Gasteiger partial charge in [0.1, 0.15) is 0 Å². The van der Waals surface area contributed by atoms with Gasteiger partial charge in [-0.05, 0) is 29.8 Å². The van der Waals surface area contributed by atoms with Crippen LogP contribution in [0.25, 0.3) is 0 Å². The van der Waals surface area contributed by atoms with Crippen molar-refractivity contribution in [3.63, 3.8) is 0 Å². The highest BCUT2D eigenvalue weighted by Crippen LogP contribution is 2.32. The van der Waals surface area contributed by atoms with Crippen LogP contribution in [-0.4, -0.2) is 7.11 Å². The highest BCUT2D eigenvalue weighted by Gasteiger charge is 2.07. The fourth-order valence-corrected chi connectivity index (χ4v) is 1.95. The normalized spacial score (nSPS) is 10.3. The predicted molar refractivity (Wildman–Crippen MR) is 71.7 cm³/mol. The monoisotopic (exact) mass is 283 g/mol. The quantitative estimate of drug-likeness (QED) is 0.906. The number of anilines is 1. The summed E-state index contributed by atoms with van der Waals surface area (Å²) in [6.45, 7) is 0.341. The maximum absolute atomic E-state index is 13.1. The lowest BCUT2D eigenvalue weighted by atomic mass is 10.2. The summed E-state index contributed by atoms with van der Waals surface area (Å²) in [6, 6.07) is 9.05. The predicted octanol–water partition coefficient (Wildman–Crippen LogP) is 4.24. The summed E-state index contributed by atoms with van der Waals surface area (Å²) >= 11 is 5.98. The van der Waals surface area contributed by atoms with Crippen molar-refractivity contribution in [2.75, 3.05) is 12.4 Å². The highest BCUT2D eigenvalue weighted by atomic mass is 35.5. The molecule has 0 aliphatic carbocycles. The number of nitrogens with one attached hydrogen (secondary N) is 1. The zero-order valence-electron chi connectivity index (χ0n) is 10.2. The third-order valence-corrected chi connectivity index (χ3v) is 2.94. The molecule has 0 aromatic heterocycles. The Morgan fingerprint density at radius 1 is 1.16 bits per heavy atom. The minimum Gasteiger partial charge on any atom is -0.493 e. The van der Waals surface area contributed by atoms with Crippen LogP contribution in [0.5, 0.6) is 5.75 Å². The molecule has 2 aromatic rings. The van der Waals surface area contributed by atoms with Crippen LogP contribution in [-0.2, 0) is 6.54 Å². The second kappa shape index (κ2) is 5.89. The summed E-state index contributed by atoms with van der Waals surface area (Å²) in [5.74, 6) is -1.20. The fraction of sp³-hybridized carbons (Fsp3) is 0.143. The number of hydrogen-bond donors (Lipinski definition) is 1. The molecule has 0 spiro atoms. The van der Waals surface area contributed by atoms with Gasteiger partial charge < -0.3 is 10.1 Å².